The van der Waals surface area contributed by atoms with Crippen LogP contribution < -0.4 is 10.4 Å². The van der Waals surface area contributed by atoms with Gasteiger partial charge >= 0.3 is 18.1 Å². The second-order valence-electron chi connectivity index (χ2n) is 7.16. The summed E-state index contributed by atoms with van der Waals surface area (Å²) in [5, 5.41) is 2.59. The van der Waals surface area contributed by atoms with E-state index in [1.165, 1.54) is 36.4 Å². The third-order valence-electron chi connectivity index (χ3n) is 4.89. The van der Waals surface area contributed by atoms with Crippen LogP contribution in [0.3, 0.4) is 0 Å². The fourth-order valence-electron chi connectivity index (χ4n) is 3.28. The quantitative estimate of drug-likeness (QED) is 0.342. The van der Waals surface area contributed by atoms with Crippen LogP contribution in [-0.2, 0) is 20.8 Å². The van der Waals surface area contributed by atoms with Gasteiger partial charge in [-0.1, -0.05) is 30.3 Å². The van der Waals surface area contributed by atoms with Crippen molar-refractivity contribution in [3.05, 3.63) is 71.5 Å². The van der Waals surface area contributed by atoms with Crippen LogP contribution in [-0.4, -0.2) is 46.3 Å². The number of benzene rings is 1. The van der Waals surface area contributed by atoms with E-state index < -0.39 is 29.7 Å². The van der Waals surface area contributed by atoms with Gasteiger partial charge in [0.05, 0.1) is 5.56 Å². The van der Waals surface area contributed by atoms with Crippen molar-refractivity contribution in [1.82, 2.24) is 15.3 Å². The number of Topliss-reactive ketones (excluding diaryl/α,β-unsaturated/α-hetero) is 1. The van der Waals surface area contributed by atoms with Crippen molar-refractivity contribution in [3.63, 3.8) is 0 Å². The van der Waals surface area contributed by atoms with Crippen molar-refractivity contribution in [2.24, 2.45) is 0 Å². The third-order valence-corrected chi connectivity index (χ3v) is 4.89. The number of nitrogens with one attached hydrogen (secondary N) is 2. The number of alkyl halides is 3. The van der Waals surface area contributed by atoms with Gasteiger partial charge in [0.2, 0.25) is 0 Å². The maximum atomic E-state index is 12.9. The number of halogens is 3. The molecule has 12 heteroatoms. The molecular weight excluding hydrogens is 457 g/mol. The van der Waals surface area contributed by atoms with Gasteiger partial charge in [-0.2, -0.15) is 13.2 Å². The van der Waals surface area contributed by atoms with Crippen LogP contribution in [0.4, 0.5) is 19.0 Å². The zero-order valence-electron chi connectivity index (χ0n) is 17.2. The smallest absolute Gasteiger partial charge is 0.358 e. The first-order chi connectivity index (χ1) is 16.1. The van der Waals surface area contributed by atoms with E-state index in [9.17, 15) is 32.3 Å². The molecule has 0 aliphatic carbocycles. The van der Waals surface area contributed by atoms with E-state index in [1.54, 1.807) is 6.07 Å². The molecule has 9 nitrogen and oxygen atoms in total. The molecule has 0 fully saturated rings. The summed E-state index contributed by atoms with van der Waals surface area (Å²) in [5.74, 6) is -6.31. The number of anilines is 1. The highest BCUT2D eigenvalue weighted by molar-refractivity contribution is 6.46. The first-order valence-electron chi connectivity index (χ1n) is 9.84. The zero-order chi connectivity index (χ0) is 24.5. The van der Waals surface area contributed by atoms with Crippen molar-refractivity contribution in [2.75, 3.05) is 11.6 Å². The SMILES string of the molecule is O=C(C(=O)N(OC(=O)C(F)(F)F)c1cc(-c2cc3c([nH]2)CCNC3=O)ccn1)c1ccccc1. The molecule has 0 atom stereocenters. The molecule has 0 saturated carbocycles. The van der Waals surface area contributed by atoms with Gasteiger partial charge in [-0.3, -0.25) is 14.4 Å². The number of fused-ring (bicyclic) bond motifs is 1. The maximum Gasteiger partial charge on any atom is 0.493 e. The highest BCUT2D eigenvalue weighted by Crippen LogP contribution is 2.27. The second kappa shape index (κ2) is 8.81. The van der Waals surface area contributed by atoms with Crippen LogP contribution in [0.15, 0.2) is 54.7 Å². The highest BCUT2D eigenvalue weighted by Gasteiger charge is 2.44. The van der Waals surface area contributed by atoms with Crippen LogP contribution in [0.1, 0.15) is 26.4 Å². The van der Waals surface area contributed by atoms with Crippen LogP contribution in [0.5, 0.6) is 0 Å². The topological polar surface area (TPSA) is 121 Å². The van der Waals surface area contributed by atoms with E-state index in [0.29, 0.717) is 35.5 Å². The van der Waals surface area contributed by atoms with Crippen molar-refractivity contribution in [3.8, 4) is 11.3 Å². The second-order valence-corrected chi connectivity index (χ2v) is 7.16. The largest absolute Gasteiger partial charge is 0.493 e. The summed E-state index contributed by atoms with van der Waals surface area (Å²) < 4.78 is 38.6. The number of aromatic nitrogens is 2. The molecule has 0 radical (unpaired) electrons. The number of H-pyrrole nitrogens is 1. The minimum Gasteiger partial charge on any atom is -0.358 e. The van der Waals surface area contributed by atoms with Crippen LogP contribution >= 0.6 is 0 Å². The molecule has 1 aliphatic rings. The number of hydroxylamine groups is 1. The van der Waals surface area contributed by atoms with Gasteiger partial charge in [-0.15, -0.1) is 5.06 Å². The molecular formula is C22H15F3N4O5. The number of amides is 2. The third kappa shape index (κ3) is 4.51. The first kappa shape index (κ1) is 22.7. The van der Waals surface area contributed by atoms with Gasteiger partial charge in [0.15, 0.2) is 5.82 Å². The van der Waals surface area contributed by atoms with Crippen LogP contribution in [0.2, 0.25) is 0 Å². The molecule has 34 heavy (non-hydrogen) atoms. The van der Waals surface area contributed by atoms with Crippen molar-refractivity contribution in [1.29, 1.82) is 0 Å². The number of pyridine rings is 1. The molecule has 1 aromatic carbocycles. The summed E-state index contributed by atoms with van der Waals surface area (Å²) >= 11 is 0. The average Bonchev–Trinajstić information content (AvgIpc) is 3.27. The molecule has 0 unspecified atom stereocenters. The molecule has 2 N–H and O–H groups in total. The Kier molecular flexibility index (Phi) is 5.88. The van der Waals surface area contributed by atoms with Gasteiger partial charge in [-0.25, -0.2) is 9.78 Å². The Morgan fingerprint density at radius 3 is 2.47 bits per heavy atom. The lowest BCUT2D eigenvalue weighted by molar-refractivity contribution is -0.201. The number of ketones is 1. The Balaban J connectivity index is 1.72. The Morgan fingerprint density at radius 1 is 1.06 bits per heavy atom. The number of carbonyl (C=O) groups excluding carboxylic acids is 4. The zero-order valence-corrected chi connectivity index (χ0v) is 17.2. The lowest BCUT2D eigenvalue weighted by Gasteiger charge is -2.20. The molecule has 1 aliphatic heterocycles. The molecule has 2 amide bonds. The van der Waals surface area contributed by atoms with E-state index in [4.69, 9.17) is 0 Å². The lowest BCUT2D eigenvalue weighted by Crippen LogP contribution is -2.42. The van der Waals surface area contributed by atoms with E-state index in [0.717, 1.165) is 12.3 Å². The number of carbonyl (C=O) groups is 4. The minimum absolute atomic E-state index is 0.0930. The predicted molar refractivity (Wildman–Crippen MR) is 110 cm³/mol. The highest BCUT2D eigenvalue weighted by atomic mass is 19.4. The fourth-order valence-corrected chi connectivity index (χ4v) is 3.28. The minimum atomic E-state index is -5.43. The summed E-state index contributed by atoms with van der Waals surface area (Å²) in [5.41, 5.74) is 1.66. The summed E-state index contributed by atoms with van der Waals surface area (Å²) in [6.07, 6.45) is -3.74. The van der Waals surface area contributed by atoms with Gasteiger partial charge in [0.25, 0.3) is 11.7 Å². The first-order valence-corrected chi connectivity index (χ1v) is 9.84. The number of hydrogen-bond acceptors (Lipinski definition) is 6. The summed E-state index contributed by atoms with van der Waals surface area (Å²) in [4.78, 5) is 60.0. The van der Waals surface area contributed by atoms with Gasteiger partial charge in [0.1, 0.15) is 0 Å². The Morgan fingerprint density at radius 2 is 1.79 bits per heavy atom. The monoisotopic (exact) mass is 472 g/mol. The molecule has 2 aromatic heterocycles. The number of nitrogens with zero attached hydrogens (tertiary/aromatic N) is 2. The number of rotatable bonds is 4. The lowest BCUT2D eigenvalue weighted by atomic mass is 10.1. The molecule has 174 valence electrons. The molecule has 0 bridgehead atoms. The van der Waals surface area contributed by atoms with Crippen molar-refractivity contribution >= 4 is 29.4 Å². The Hall–Kier alpha value is -4.48. The molecule has 3 heterocycles. The summed E-state index contributed by atoms with van der Waals surface area (Å²) in [7, 11) is 0. The van der Waals surface area contributed by atoms with E-state index in [2.05, 4.69) is 20.1 Å². The summed E-state index contributed by atoms with van der Waals surface area (Å²) in [6.45, 7) is 0.435. The number of hydrogen-bond donors (Lipinski definition) is 2. The normalized spacial score (nSPS) is 13.0. The Labute approximate surface area is 189 Å². The standard InChI is InChI=1S/C22H15F3N4O5/c23-22(24,25)21(33)34-29(20(32)18(30)12-4-2-1-3-5-12)17-10-13(6-8-26-17)16-11-14-15(28-16)7-9-27-19(14)31/h1-6,8,10-11,28H,7,9H2,(H,27,31). The van der Waals surface area contributed by atoms with Gasteiger partial charge in [-0.05, 0) is 18.2 Å². The Bertz CT molecular complexity index is 1290. The van der Waals surface area contributed by atoms with Crippen molar-refractivity contribution < 1.29 is 37.2 Å². The summed E-state index contributed by atoms with van der Waals surface area (Å²) in [6, 6.07) is 11.2. The molecule has 0 spiro atoms. The molecule has 4 rings (SSSR count). The maximum absolute atomic E-state index is 12.9. The van der Waals surface area contributed by atoms with Gasteiger partial charge in [0, 0.05) is 41.7 Å². The number of aromatic amines is 1. The average molecular weight is 472 g/mol. The van der Waals surface area contributed by atoms with Gasteiger partial charge < -0.3 is 15.1 Å². The van der Waals surface area contributed by atoms with Crippen molar-refractivity contribution in [2.45, 2.75) is 12.6 Å². The van der Waals surface area contributed by atoms with Crippen LogP contribution in [0, 0.1) is 0 Å². The van der Waals surface area contributed by atoms with E-state index in [-0.39, 0.29) is 16.5 Å². The molecule has 3 aromatic rings. The molecule has 0 saturated heterocycles. The van der Waals surface area contributed by atoms with E-state index in [1.807, 2.05) is 0 Å². The fraction of sp³-hybridized carbons (Fsp3) is 0.136. The predicted octanol–water partition coefficient (Wildman–Crippen LogP) is 2.60. The van der Waals surface area contributed by atoms with Crippen LogP contribution in [0.25, 0.3) is 11.3 Å². The van der Waals surface area contributed by atoms with E-state index >= 15 is 0 Å².